The van der Waals surface area contributed by atoms with E-state index in [1.807, 2.05) is 45.0 Å². The number of ether oxygens (including phenoxy) is 9. The Hall–Kier alpha value is -3.05. The molecule has 0 aliphatic rings. The first-order valence-electron chi connectivity index (χ1n) is 15.1. The molecule has 1 heterocycles. The fourth-order valence-corrected chi connectivity index (χ4v) is 3.27. The quantitative estimate of drug-likeness (QED) is 0.149. The van der Waals surface area contributed by atoms with E-state index in [9.17, 15) is 4.79 Å². The zero-order valence-electron chi connectivity index (χ0n) is 27.0. The summed E-state index contributed by atoms with van der Waals surface area (Å²) in [5.41, 5.74) is 0.307. The van der Waals surface area contributed by atoms with E-state index in [1.165, 1.54) is 0 Å². The number of hydrogen-bond acceptors (Lipinski definition) is 14. The molecule has 0 aliphatic carbocycles. The molecule has 0 atom stereocenters. The highest BCUT2D eigenvalue weighted by atomic mass is 16.6. The van der Waals surface area contributed by atoms with Gasteiger partial charge >= 0.3 is 6.09 Å². The first-order valence-corrected chi connectivity index (χ1v) is 15.1. The number of rotatable bonds is 26. The highest BCUT2D eigenvalue weighted by molar-refractivity contribution is 5.67. The van der Waals surface area contributed by atoms with Crippen LogP contribution < -0.4 is 10.1 Å². The minimum Gasteiger partial charge on any atom is -0.491 e. The van der Waals surface area contributed by atoms with Gasteiger partial charge in [0.1, 0.15) is 18.0 Å². The fourth-order valence-electron chi connectivity index (χ4n) is 3.27. The van der Waals surface area contributed by atoms with Crippen LogP contribution in [0.5, 0.6) is 5.75 Å². The molecule has 0 radical (unpaired) electrons. The van der Waals surface area contributed by atoms with E-state index < -0.39 is 11.7 Å². The highest BCUT2D eigenvalue weighted by Gasteiger charge is 2.15. The second kappa shape index (κ2) is 24.2. The Kier molecular flexibility index (Phi) is 20.5. The average Bonchev–Trinajstić information content (AvgIpc) is 3.01. The number of carbonyl (C=O) groups is 1. The number of carbonyl (C=O) groups excluding carboxylic acids is 1. The third-order valence-corrected chi connectivity index (χ3v) is 5.33. The van der Waals surface area contributed by atoms with Crippen LogP contribution in [0.3, 0.4) is 0 Å². The van der Waals surface area contributed by atoms with Crippen LogP contribution in [-0.2, 0) is 37.9 Å². The predicted octanol–water partition coefficient (Wildman–Crippen LogP) is 2.26. The molecule has 0 saturated carbocycles. The van der Waals surface area contributed by atoms with Gasteiger partial charge in [-0.3, -0.25) is 0 Å². The molecule has 0 fully saturated rings. The number of alkyl carbamates (subject to hydrolysis) is 1. The van der Waals surface area contributed by atoms with Crippen molar-refractivity contribution in [2.75, 3.05) is 106 Å². The van der Waals surface area contributed by atoms with E-state index in [2.05, 4.69) is 25.7 Å². The van der Waals surface area contributed by atoms with Crippen molar-refractivity contribution in [3.05, 3.63) is 30.1 Å². The third kappa shape index (κ3) is 21.3. The van der Waals surface area contributed by atoms with E-state index in [0.717, 1.165) is 11.3 Å². The lowest BCUT2D eigenvalue weighted by molar-refractivity contribution is -0.0211. The van der Waals surface area contributed by atoms with E-state index in [1.54, 1.807) is 6.92 Å². The number of benzene rings is 1. The standard InChI is InChI=1S/C30H49N5O10/c1-25-32-34-28(35-33-25)26-5-7-27(8-6-26)44-24-23-43-22-21-42-20-19-41-18-17-40-16-15-39-14-13-38-12-11-37-10-9-31-29(36)45-30(2,3)4/h5-8H,9-24H2,1-4H3,(H,31,36). The Morgan fingerprint density at radius 1 is 0.600 bits per heavy atom. The van der Waals surface area contributed by atoms with Crippen molar-refractivity contribution < 1.29 is 47.4 Å². The van der Waals surface area contributed by atoms with Crippen LogP contribution in [0.4, 0.5) is 4.79 Å². The van der Waals surface area contributed by atoms with Gasteiger partial charge in [-0.1, -0.05) is 0 Å². The molecule has 1 amide bonds. The summed E-state index contributed by atoms with van der Waals surface area (Å²) in [7, 11) is 0. The van der Waals surface area contributed by atoms with Crippen molar-refractivity contribution in [2.24, 2.45) is 0 Å². The maximum Gasteiger partial charge on any atom is 0.407 e. The maximum atomic E-state index is 11.5. The molecule has 2 rings (SSSR count). The molecule has 15 heteroatoms. The van der Waals surface area contributed by atoms with E-state index in [4.69, 9.17) is 42.6 Å². The molecule has 0 spiro atoms. The Bertz CT molecular complexity index is 1010. The molecule has 15 nitrogen and oxygen atoms in total. The molecule has 254 valence electrons. The Morgan fingerprint density at radius 2 is 1.00 bits per heavy atom. The zero-order valence-corrected chi connectivity index (χ0v) is 27.0. The monoisotopic (exact) mass is 639 g/mol. The summed E-state index contributed by atoms with van der Waals surface area (Å²) in [6, 6.07) is 7.41. The first-order chi connectivity index (χ1) is 21.8. The summed E-state index contributed by atoms with van der Waals surface area (Å²) in [5, 5.41) is 18.5. The predicted molar refractivity (Wildman–Crippen MR) is 163 cm³/mol. The van der Waals surface area contributed by atoms with Crippen molar-refractivity contribution in [3.63, 3.8) is 0 Å². The molecule has 2 aromatic rings. The summed E-state index contributed by atoms with van der Waals surface area (Å²) in [6.07, 6.45) is -0.454. The summed E-state index contributed by atoms with van der Waals surface area (Å²) in [5.74, 6) is 1.73. The maximum absolute atomic E-state index is 11.5. The molecule has 0 unspecified atom stereocenters. The van der Waals surface area contributed by atoms with Crippen molar-refractivity contribution in [2.45, 2.75) is 33.3 Å². The molecular weight excluding hydrogens is 590 g/mol. The fraction of sp³-hybridized carbons (Fsp3) is 0.700. The lowest BCUT2D eigenvalue weighted by atomic mass is 10.2. The highest BCUT2D eigenvalue weighted by Crippen LogP contribution is 2.18. The smallest absolute Gasteiger partial charge is 0.407 e. The molecule has 0 bridgehead atoms. The third-order valence-electron chi connectivity index (χ3n) is 5.33. The largest absolute Gasteiger partial charge is 0.491 e. The molecule has 45 heavy (non-hydrogen) atoms. The van der Waals surface area contributed by atoms with Gasteiger partial charge in [0.2, 0.25) is 5.82 Å². The number of hydrogen-bond donors (Lipinski definition) is 1. The van der Waals surface area contributed by atoms with Gasteiger partial charge < -0.3 is 47.9 Å². The van der Waals surface area contributed by atoms with Crippen molar-refractivity contribution in [3.8, 4) is 17.1 Å². The van der Waals surface area contributed by atoms with Crippen LogP contribution in [0.1, 0.15) is 26.6 Å². The van der Waals surface area contributed by atoms with Crippen molar-refractivity contribution in [1.82, 2.24) is 25.7 Å². The lowest BCUT2D eigenvalue weighted by Crippen LogP contribution is -2.34. The van der Waals surface area contributed by atoms with Gasteiger partial charge in [-0.05, 0) is 52.0 Å². The van der Waals surface area contributed by atoms with Crippen LogP contribution >= 0.6 is 0 Å². The van der Waals surface area contributed by atoms with Crippen molar-refractivity contribution in [1.29, 1.82) is 0 Å². The van der Waals surface area contributed by atoms with Crippen LogP contribution in [0.2, 0.25) is 0 Å². The summed E-state index contributed by atoms with van der Waals surface area (Å²) in [4.78, 5) is 11.5. The minimum absolute atomic E-state index is 0.381. The van der Waals surface area contributed by atoms with Gasteiger partial charge in [0, 0.05) is 12.1 Å². The van der Waals surface area contributed by atoms with Crippen LogP contribution in [-0.4, -0.2) is 138 Å². The summed E-state index contributed by atoms with van der Waals surface area (Å²) in [6.45, 7) is 14.5. The number of aromatic nitrogens is 4. The number of aryl methyl sites for hydroxylation is 1. The molecule has 1 aromatic heterocycles. The Labute approximate surface area is 265 Å². The average molecular weight is 640 g/mol. The molecule has 0 saturated heterocycles. The molecule has 1 aromatic carbocycles. The topological polar surface area (TPSA) is 164 Å². The van der Waals surface area contributed by atoms with Gasteiger partial charge in [0.15, 0.2) is 5.82 Å². The van der Waals surface area contributed by atoms with Gasteiger partial charge in [-0.25, -0.2) is 4.79 Å². The first kappa shape index (κ1) is 38.1. The number of nitrogens with zero attached hydrogens (tertiary/aromatic N) is 4. The lowest BCUT2D eigenvalue weighted by Gasteiger charge is -2.19. The number of amides is 1. The van der Waals surface area contributed by atoms with Gasteiger partial charge in [0.25, 0.3) is 0 Å². The summed E-state index contributed by atoms with van der Waals surface area (Å²) < 4.78 is 49.1. The zero-order chi connectivity index (χ0) is 32.4. The second-order valence-electron chi connectivity index (χ2n) is 10.4. The van der Waals surface area contributed by atoms with Gasteiger partial charge in [0.05, 0.1) is 92.5 Å². The van der Waals surface area contributed by atoms with Crippen LogP contribution in [0, 0.1) is 6.92 Å². The van der Waals surface area contributed by atoms with E-state index in [-0.39, 0.29) is 0 Å². The molecule has 1 N–H and O–H groups in total. The van der Waals surface area contributed by atoms with Crippen molar-refractivity contribution >= 4 is 6.09 Å². The van der Waals surface area contributed by atoms with Gasteiger partial charge in [-0.15, -0.1) is 20.4 Å². The van der Waals surface area contributed by atoms with Crippen LogP contribution in [0.15, 0.2) is 24.3 Å². The van der Waals surface area contributed by atoms with E-state index >= 15 is 0 Å². The van der Waals surface area contributed by atoms with E-state index in [0.29, 0.717) is 117 Å². The van der Waals surface area contributed by atoms with Crippen LogP contribution in [0.25, 0.3) is 11.4 Å². The Balaban J connectivity index is 1.24. The molecular formula is C30H49N5O10. The number of nitrogens with one attached hydrogen (secondary N) is 1. The summed E-state index contributed by atoms with van der Waals surface area (Å²) >= 11 is 0. The van der Waals surface area contributed by atoms with Gasteiger partial charge in [-0.2, -0.15) is 0 Å². The minimum atomic E-state index is -0.513. The SMILES string of the molecule is Cc1nnc(-c2ccc(OCCOCCOCCOCCOCCOCCOCCOCCNC(=O)OC(C)(C)C)cc2)nn1. The Morgan fingerprint density at radius 3 is 1.42 bits per heavy atom. The second-order valence-corrected chi connectivity index (χ2v) is 10.4. The normalized spacial score (nSPS) is 11.5. The molecule has 0 aliphatic heterocycles.